The number of benzene rings is 1. The molecule has 0 spiro atoms. The van der Waals surface area contributed by atoms with Gasteiger partial charge in [-0.15, -0.1) is 0 Å². The number of piperidine rings is 1. The summed E-state index contributed by atoms with van der Waals surface area (Å²) in [4.78, 5) is 19.9. The molecule has 0 amide bonds. The predicted octanol–water partition coefficient (Wildman–Crippen LogP) is 2.43. The molecule has 32 heavy (non-hydrogen) atoms. The summed E-state index contributed by atoms with van der Waals surface area (Å²) in [7, 11) is 0. The van der Waals surface area contributed by atoms with Crippen LogP contribution in [0.1, 0.15) is 60.5 Å². The van der Waals surface area contributed by atoms with Crippen molar-refractivity contribution in [1.29, 1.82) is 0 Å². The summed E-state index contributed by atoms with van der Waals surface area (Å²) in [5, 5.41) is 15.3. The van der Waals surface area contributed by atoms with Gasteiger partial charge in [0.2, 0.25) is 0 Å². The van der Waals surface area contributed by atoms with Crippen molar-refractivity contribution in [2.45, 2.75) is 57.6 Å². The molecule has 2 aromatic heterocycles. The van der Waals surface area contributed by atoms with E-state index < -0.39 is 6.10 Å². The van der Waals surface area contributed by atoms with Crippen LogP contribution in [0.5, 0.6) is 0 Å². The molecule has 5 rings (SSSR count). The number of nitrogens with zero attached hydrogens (tertiary/aromatic N) is 4. The Balaban J connectivity index is 0.00000245. The zero-order valence-corrected chi connectivity index (χ0v) is 17.7. The van der Waals surface area contributed by atoms with Crippen molar-refractivity contribution in [1.82, 2.24) is 19.6 Å². The number of aryl methyl sites for hydroxylation is 1. The Morgan fingerprint density at radius 3 is 2.78 bits per heavy atom. The average Bonchev–Trinajstić information content (AvgIpc) is 3.18. The van der Waals surface area contributed by atoms with E-state index in [0.29, 0.717) is 36.7 Å². The van der Waals surface area contributed by atoms with Crippen molar-refractivity contribution in [3.05, 3.63) is 57.1 Å². The molecule has 9 heteroatoms. The van der Waals surface area contributed by atoms with Gasteiger partial charge in [-0.25, -0.2) is 9.37 Å². The maximum absolute atomic E-state index is 13.4. The molecule has 4 heterocycles. The van der Waals surface area contributed by atoms with Crippen molar-refractivity contribution < 1.29 is 14.0 Å². The van der Waals surface area contributed by atoms with Crippen LogP contribution in [-0.2, 0) is 13.0 Å². The number of aliphatic hydroxyl groups is 1. The second-order valence-corrected chi connectivity index (χ2v) is 8.72. The minimum atomic E-state index is -0.641. The Hall–Kier alpha value is -1.58. The molecular formula is C23H28FN4NaO3. The van der Waals surface area contributed by atoms with Crippen molar-refractivity contribution in [3.8, 4) is 0 Å². The fourth-order valence-electron chi connectivity index (χ4n) is 4.98. The Kier molecular flexibility index (Phi) is 7.17. The van der Waals surface area contributed by atoms with Crippen LogP contribution in [0.3, 0.4) is 0 Å². The third-order valence-electron chi connectivity index (χ3n) is 6.77. The van der Waals surface area contributed by atoms with Crippen LogP contribution in [0, 0.1) is 12.7 Å². The van der Waals surface area contributed by atoms with Crippen LogP contribution < -0.4 is 5.56 Å². The topological polar surface area (TPSA) is 84.4 Å². The van der Waals surface area contributed by atoms with Gasteiger partial charge in [0.1, 0.15) is 17.7 Å². The van der Waals surface area contributed by atoms with Gasteiger partial charge >= 0.3 is 29.6 Å². The first-order valence-electron chi connectivity index (χ1n) is 11.1. The summed E-state index contributed by atoms with van der Waals surface area (Å²) in [5.74, 6) is 0.489. The van der Waals surface area contributed by atoms with Gasteiger partial charge in [-0.05, 0) is 64.3 Å². The molecule has 0 radical (unpaired) electrons. The summed E-state index contributed by atoms with van der Waals surface area (Å²) < 4.78 is 20.4. The fraction of sp³-hybridized carbons (Fsp3) is 0.522. The first kappa shape index (κ1) is 23.6. The van der Waals surface area contributed by atoms with Crippen LogP contribution >= 0.6 is 0 Å². The summed E-state index contributed by atoms with van der Waals surface area (Å²) in [5.41, 5.74) is 2.90. The average molecular weight is 450 g/mol. The minimum absolute atomic E-state index is 0. The first-order chi connectivity index (χ1) is 15.0. The number of fused-ring (bicyclic) bond motifs is 2. The van der Waals surface area contributed by atoms with Crippen LogP contribution in [0.4, 0.5) is 4.39 Å². The van der Waals surface area contributed by atoms with Gasteiger partial charge in [0.05, 0.1) is 5.69 Å². The standard InChI is InChI=1S/C23H27FN4O3.Na.H/c1-14-17(23(30)28-9-2-3-19(29)22(28)25-14)8-12-27-10-6-15(7-11-27)21-18-5-4-16(24)13-20(18)31-26-21;;/h4-5,13,15,19,29H,2-3,6-12H2,1H3;;/t19-;;/m1../s1. The number of rotatable bonds is 4. The molecule has 2 aliphatic heterocycles. The molecule has 166 valence electrons. The fourth-order valence-corrected chi connectivity index (χ4v) is 4.98. The van der Waals surface area contributed by atoms with Gasteiger partial charge in [0, 0.05) is 41.7 Å². The second kappa shape index (κ2) is 9.73. The third-order valence-corrected chi connectivity index (χ3v) is 6.77. The molecule has 2 aliphatic rings. The van der Waals surface area contributed by atoms with Crippen molar-refractivity contribution in [3.63, 3.8) is 0 Å². The SMILES string of the molecule is Cc1nc2n(c(=O)c1CCN1CCC(c3noc4cc(F)ccc34)CC1)CCC[C@H]2O.[NaH]. The van der Waals surface area contributed by atoms with Crippen LogP contribution in [0.2, 0.25) is 0 Å². The third kappa shape index (κ3) is 4.43. The van der Waals surface area contributed by atoms with Gasteiger partial charge in [0.15, 0.2) is 5.58 Å². The summed E-state index contributed by atoms with van der Waals surface area (Å²) >= 11 is 0. The van der Waals surface area contributed by atoms with E-state index >= 15 is 0 Å². The molecule has 1 saturated heterocycles. The molecule has 3 aromatic rings. The maximum atomic E-state index is 13.4. The van der Waals surface area contributed by atoms with E-state index in [0.717, 1.165) is 61.2 Å². The number of hydrogen-bond donors (Lipinski definition) is 1. The Morgan fingerprint density at radius 2 is 2.00 bits per heavy atom. The molecule has 1 fully saturated rings. The number of halogens is 1. The number of aliphatic hydroxyl groups excluding tert-OH is 1. The van der Waals surface area contributed by atoms with E-state index in [9.17, 15) is 14.3 Å². The predicted molar refractivity (Wildman–Crippen MR) is 121 cm³/mol. The second-order valence-electron chi connectivity index (χ2n) is 8.72. The van der Waals surface area contributed by atoms with Crippen LogP contribution in [0.15, 0.2) is 27.5 Å². The Labute approximate surface area is 207 Å². The molecule has 1 aromatic carbocycles. The van der Waals surface area contributed by atoms with Crippen molar-refractivity contribution in [2.75, 3.05) is 19.6 Å². The zero-order chi connectivity index (χ0) is 21.5. The molecule has 7 nitrogen and oxygen atoms in total. The van der Waals surface area contributed by atoms with Gasteiger partial charge in [-0.3, -0.25) is 9.36 Å². The first-order valence-corrected chi connectivity index (χ1v) is 11.1. The van der Waals surface area contributed by atoms with E-state index in [4.69, 9.17) is 4.52 Å². The summed E-state index contributed by atoms with van der Waals surface area (Å²) in [6.07, 6.45) is 3.38. The van der Waals surface area contributed by atoms with E-state index in [-0.39, 0.29) is 40.9 Å². The molecule has 1 atom stereocenters. The molecule has 0 bridgehead atoms. The molecule has 0 aliphatic carbocycles. The Morgan fingerprint density at radius 1 is 1.22 bits per heavy atom. The van der Waals surface area contributed by atoms with Gasteiger partial charge in [-0.2, -0.15) is 0 Å². The van der Waals surface area contributed by atoms with Crippen LogP contribution in [-0.4, -0.2) is 73.9 Å². The van der Waals surface area contributed by atoms with Crippen LogP contribution in [0.25, 0.3) is 11.0 Å². The molecule has 1 N–H and O–H groups in total. The number of hydrogen-bond acceptors (Lipinski definition) is 6. The monoisotopic (exact) mass is 450 g/mol. The molecule has 0 saturated carbocycles. The van der Waals surface area contributed by atoms with Crippen molar-refractivity contribution in [2.24, 2.45) is 0 Å². The quantitative estimate of drug-likeness (QED) is 0.615. The van der Waals surface area contributed by atoms with E-state index in [1.165, 1.54) is 12.1 Å². The van der Waals surface area contributed by atoms with E-state index in [1.54, 1.807) is 10.6 Å². The number of likely N-dealkylation sites (tertiary alicyclic amines) is 1. The number of aromatic nitrogens is 3. The van der Waals surface area contributed by atoms with Gasteiger partial charge in [-0.1, -0.05) is 5.16 Å². The zero-order valence-electron chi connectivity index (χ0n) is 17.7. The van der Waals surface area contributed by atoms with E-state index in [2.05, 4.69) is 15.0 Å². The van der Waals surface area contributed by atoms with Gasteiger partial charge < -0.3 is 14.5 Å². The normalized spacial score (nSPS) is 19.7. The van der Waals surface area contributed by atoms with Crippen molar-refractivity contribution >= 4 is 40.5 Å². The summed E-state index contributed by atoms with van der Waals surface area (Å²) in [6.45, 7) is 5.13. The van der Waals surface area contributed by atoms with E-state index in [1.807, 2.05) is 6.92 Å². The van der Waals surface area contributed by atoms with Gasteiger partial charge in [0.25, 0.3) is 5.56 Å². The molecule has 0 unspecified atom stereocenters. The molecular weight excluding hydrogens is 422 g/mol. The Bertz CT molecular complexity index is 1170. The summed E-state index contributed by atoms with van der Waals surface area (Å²) in [6, 6.07) is 4.58.